The molecule has 0 saturated carbocycles. The highest BCUT2D eigenvalue weighted by atomic mass is 32.2. The normalized spacial score (nSPS) is 19.8. The van der Waals surface area contributed by atoms with Gasteiger partial charge < -0.3 is 0 Å². The van der Waals surface area contributed by atoms with E-state index in [0.29, 0.717) is 24.8 Å². The lowest BCUT2D eigenvalue weighted by Crippen LogP contribution is -2.45. The van der Waals surface area contributed by atoms with Crippen LogP contribution in [0.2, 0.25) is 0 Å². The van der Waals surface area contributed by atoms with Gasteiger partial charge in [-0.1, -0.05) is 13.0 Å². The van der Waals surface area contributed by atoms with Gasteiger partial charge in [0, 0.05) is 43.8 Å². The minimum atomic E-state index is -3.47. The summed E-state index contributed by atoms with van der Waals surface area (Å²) in [6.45, 7) is 3.43. The highest BCUT2D eigenvalue weighted by Crippen LogP contribution is 2.18. The summed E-state index contributed by atoms with van der Waals surface area (Å²) < 4.78 is 30.8. The fourth-order valence-corrected chi connectivity index (χ4v) is 4.13. The Morgan fingerprint density at radius 3 is 2.96 bits per heavy atom. The summed E-state index contributed by atoms with van der Waals surface area (Å²) >= 11 is 0. The lowest BCUT2D eigenvalue weighted by atomic mass is 10.0. The van der Waals surface area contributed by atoms with Crippen LogP contribution in [0.15, 0.2) is 36.8 Å². The fraction of sp³-hybridized carbons (Fsp3) is 0.467. The third kappa shape index (κ3) is 3.77. The molecule has 1 N–H and O–H groups in total. The van der Waals surface area contributed by atoms with Crippen LogP contribution >= 0.6 is 0 Å². The second-order valence-corrected chi connectivity index (χ2v) is 7.62. The minimum Gasteiger partial charge on any atom is -0.237 e. The van der Waals surface area contributed by atoms with Gasteiger partial charge in [-0.05, 0) is 30.9 Å². The number of piperidine rings is 1. The molecule has 2 aromatic heterocycles. The first-order valence-corrected chi connectivity index (χ1v) is 9.19. The molecule has 8 heteroatoms. The number of rotatable bonds is 5. The van der Waals surface area contributed by atoms with Crippen LogP contribution in [0.4, 0.5) is 0 Å². The van der Waals surface area contributed by atoms with E-state index in [1.807, 2.05) is 6.07 Å². The van der Waals surface area contributed by atoms with E-state index < -0.39 is 10.2 Å². The molecule has 1 fully saturated rings. The molecule has 1 aliphatic rings. The Kier molecular flexibility index (Phi) is 4.74. The summed E-state index contributed by atoms with van der Waals surface area (Å²) in [6, 6.07) is 5.45. The number of nitrogens with one attached hydrogen (secondary N) is 1. The van der Waals surface area contributed by atoms with Gasteiger partial charge >= 0.3 is 0 Å². The maximum Gasteiger partial charge on any atom is 0.279 e. The van der Waals surface area contributed by atoms with Crippen molar-refractivity contribution < 1.29 is 8.42 Å². The summed E-state index contributed by atoms with van der Waals surface area (Å²) in [6.07, 6.45) is 7.11. The molecule has 0 bridgehead atoms. The highest BCUT2D eigenvalue weighted by Gasteiger charge is 2.26. The standard InChI is InChI=1S/C15H21N5O2S/c1-13-5-3-9-19(12-13)23(21,22)18-11-14-6-2-7-16-15(14)20-10-4-8-17-20/h2,4,6-8,10,13,18H,3,5,9,11-12H2,1H3/t13-/m0/s1. The zero-order valence-electron chi connectivity index (χ0n) is 13.1. The van der Waals surface area contributed by atoms with Crippen molar-refractivity contribution in [3.63, 3.8) is 0 Å². The quantitative estimate of drug-likeness (QED) is 0.894. The molecular formula is C15H21N5O2S. The predicted molar refractivity (Wildman–Crippen MR) is 87.1 cm³/mol. The number of nitrogens with zero attached hydrogens (tertiary/aromatic N) is 4. The van der Waals surface area contributed by atoms with Crippen LogP contribution in [-0.4, -0.2) is 40.6 Å². The number of hydrogen-bond acceptors (Lipinski definition) is 4. The number of aromatic nitrogens is 3. The van der Waals surface area contributed by atoms with Crippen LogP contribution in [0.3, 0.4) is 0 Å². The van der Waals surface area contributed by atoms with Crippen molar-refractivity contribution in [2.75, 3.05) is 13.1 Å². The largest absolute Gasteiger partial charge is 0.279 e. The maximum atomic E-state index is 12.5. The molecule has 1 atom stereocenters. The molecular weight excluding hydrogens is 314 g/mol. The van der Waals surface area contributed by atoms with Crippen LogP contribution < -0.4 is 4.72 Å². The van der Waals surface area contributed by atoms with Gasteiger partial charge in [-0.3, -0.25) is 0 Å². The first-order chi connectivity index (χ1) is 11.1. The van der Waals surface area contributed by atoms with Crippen molar-refractivity contribution in [2.24, 2.45) is 5.92 Å². The van der Waals surface area contributed by atoms with Crippen molar-refractivity contribution in [3.8, 4) is 5.82 Å². The van der Waals surface area contributed by atoms with E-state index in [9.17, 15) is 8.42 Å². The summed E-state index contributed by atoms with van der Waals surface area (Å²) in [5.41, 5.74) is 0.782. The lowest BCUT2D eigenvalue weighted by Gasteiger charge is -2.30. The number of pyridine rings is 1. The molecule has 0 aliphatic carbocycles. The Bertz CT molecular complexity index is 745. The first kappa shape index (κ1) is 16.1. The maximum absolute atomic E-state index is 12.5. The van der Waals surface area contributed by atoms with E-state index in [1.165, 1.54) is 4.31 Å². The van der Waals surface area contributed by atoms with Gasteiger partial charge in [0.2, 0.25) is 0 Å². The SMILES string of the molecule is C[C@H]1CCCN(S(=O)(=O)NCc2cccnc2-n2cccn2)C1. The second kappa shape index (κ2) is 6.77. The molecule has 3 heterocycles. The summed E-state index contributed by atoms with van der Waals surface area (Å²) in [4.78, 5) is 4.30. The molecule has 124 valence electrons. The van der Waals surface area contributed by atoms with Gasteiger partial charge in [-0.15, -0.1) is 0 Å². The molecule has 7 nitrogen and oxygen atoms in total. The molecule has 3 rings (SSSR count). The van der Waals surface area contributed by atoms with Crippen LogP contribution in [-0.2, 0) is 16.8 Å². The van der Waals surface area contributed by atoms with E-state index in [0.717, 1.165) is 18.4 Å². The van der Waals surface area contributed by atoms with E-state index >= 15 is 0 Å². The molecule has 23 heavy (non-hydrogen) atoms. The third-order valence-electron chi connectivity index (χ3n) is 3.99. The molecule has 1 aliphatic heterocycles. The summed E-state index contributed by atoms with van der Waals surface area (Å²) in [7, 11) is -3.47. The molecule has 2 aromatic rings. The third-order valence-corrected chi connectivity index (χ3v) is 5.51. The molecule has 0 amide bonds. The van der Waals surface area contributed by atoms with Gasteiger partial charge in [-0.2, -0.15) is 22.5 Å². The van der Waals surface area contributed by atoms with E-state index in [4.69, 9.17) is 0 Å². The topological polar surface area (TPSA) is 80.1 Å². The average molecular weight is 335 g/mol. The Morgan fingerprint density at radius 1 is 1.35 bits per heavy atom. The predicted octanol–water partition coefficient (Wildman–Crippen LogP) is 1.33. The van der Waals surface area contributed by atoms with Crippen LogP contribution in [0.1, 0.15) is 25.3 Å². The van der Waals surface area contributed by atoms with Crippen LogP contribution in [0.5, 0.6) is 0 Å². The zero-order chi connectivity index (χ0) is 16.3. The minimum absolute atomic E-state index is 0.191. The molecule has 0 unspecified atom stereocenters. The summed E-state index contributed by atoms with van der Waals surface area (Å²) in [5.74, 6) is 1.03. The molecule has 0 aromatic carbocycles. The molecule has 0 radical (unpaired) electrons. The monoisotopic (exact) mass is 335 g/mol. The van der Waals surface area contributed by atoms with E-state index in [2.05, 4.69) is 21.7 Å². The van der Waals surface area contributed by atoms with Gasteiger partial charge in [-0.25, -0.2) is 9.67 Å². The van der Waals surface area contributed by atoms with Gasteiger partial charge in [0.05, 0.1) is 0 Å². The zero-order valence-corrected chi connectivity index (χ0v) is 13.9. The van der Waals surface area contributed by atoms with Gasteiger partial charge in [0.1, 0.15) is 0 Å². The van der Waals surface area contributed by atoms with Crippen molar-refractivity contribution in [2.45, 2.75) is 26.3 Å². The molecule has 1 saturated heterocycles. The van der Waals surface area contributed by atoms with Crippen LogP contribution in [0, 0.1) is 5.92 Å². The first-order valence-electron chi connectivity index (χ1n) is 7.75. The van der Waals surface area contributed by atoms with Gasteiger partial charge in [0.25, 0.3) is 10.2 Å². The van der Waals surface area contributed by atoms with Crippen molar-refractivity contribution in [3.05, 3.63) is 42.4 Å². The van der Waals surface area contributed by atoms with Gasteiger partial charge in [0.15, 0.2) is 5.82 Å². The van der Waals surface area contributed by atoms with E-state index in [1.54, 1.807) is 35.4 Å². The second-order valence-electron chi connectivity index (χ2n) is 5.87. The summed E-state index contributed by atoms with van der Waals surface area (Å²) in [5, 5.41) is 4.16. The van der Waals surface area contributed by atoms with Crippen molar-refractivity contribution >= 4 is 10.2 Å². The lowest BCUT2D eigenvalue weighted by molar-refractivity contribution is 0.278. The van der Waals surface area contributed by atoms with Crippen molar-refractivity contribution in [1.29, 1.82) is 0 Å². The highest BCUT2D eigenvalue weighted by molar-refractivity contribution is 7.87. The van der Waals surface area contributed by atoms with Crippen LogP contribution in [0.25, 0.3) is 5.82 Å². The Hall–Kier alpha value is -1.77. The number of hydrogen-bond donors (Lipinski definition) is 1. The molecule has 0 spiro atoms. The Morgan fingerprint density at radius 2 is 2.22 bits per heavy atom. The Labute approximate surface area is 136 Å². The Balaban J connectivity index is 1.73. The smallest absolute Gasteiger partial charge is 0.237 e. The van der Waals surface area contributed by atoms with Crippen molar-refractivity contribution in [1.82, 2.24) is 23.8 Å². The average Bonchev–Trinajstić information content (AvgIpc) is 3.08. The fourth-order valence-electron chi connectivity index (χ4n) is 2.79. The van der Waals surface area contributed by atoms with E-state index in [-0.39, 0.29) is 6.54 Å².